The molecule has 72 valence electrons. The van der Waals surface area contributed by atoms with Crippen molar-refractivity contribution in [1.82, 2.24) is 10.6 Å². The van der Waals surface area contributed by atoms with Gasteiger partial charge in [-0.15, -0.1) is 0 Å². The first-order valence-corrected chi connectivity index (χ1v) is 6.22. The largest absolute Gasteiger partial charge is 0.315 e. The van der Waals surface area contributed by atoms with E-state index in [1.807, 2.05) is 11.8 Å². The van der Waals surface area contributed by atoms with E-state index in [4.69, 9.17) is 0 Å². The third-order valence-electron chi connectivity index (χ3n) is 2.39. The molecule has 1 aliphatic rings. The molecule has 0 aromatic heterocycles. The van der Waals surface area contributed by atoms with Crippen LogP contribution in [-0.2, 0) is 0 Å². The van der Waals surface area contributed by atoms with Crippen molar-refractivity contribution in [3.63, 3.8) is 0 Å². The molecule has 2 nitrogen and oxygen atoms in total. The van der Waals surface area contributed by atoms with Crippen LogP contribution < -0.4 is 10.6 Å². The summed E-state index contributed by atoms with van der Waals surface area (Å²) in [6.07, 6.45) is 4.72. The highest BCUT2D eigenvalue weighted by Gasteiger charge is 2.16. The Hall–Kier alpha value is 0.270. The van der Waals surface area contributed by atoms with Gasteiger partial charge < -0.3 is 10.6 Å². The van der Waals surface area contributed by atoms with Crippen molar-refractivity contribution in [2.75, 3.05) is 25.1 Å². The van der Waals surface area contributed by atoms with Crippen LogP contribution >= 0.6 is 11.8 Å². The highest BCUT2D eigenvalue weighted by molar-refractivity contribution is 7.98. The zero-order valence-corrected chi connectivity index (χ0v) is 8.91. The molecule has 12 heavy (non-hydrogen) atoms. The van der Waals surface area contributed by atoms with E-state index in [0.717, 1.165) is 12.6 Å². The summed E-state index contributed by atoms with van der Waals surface area (Å²) in [6.45, 7) is 4.61. The molecule has 0 bridgehead atoms. The van der Waals surface area contributed by atoms with Gasteiger partial charge in [-0.05, 0) is 25.6 Å². The van der Waals surface area contributed by atoms with Crippen LogP contribution in [0.5, 0.6) is 0 Å². The molecule has 1 heterocycles. The second-order valence-electron chi connectivity index (χ2n) is 3.42. The van der Waals surface area contributed by atoms with Gasteiger partial charge >= 0.3 is 0 Å². The van der Waals surface area contributed by atoms with E-state index in [2.05, 4.69) is 23.8 Å². The maximum Gasteiger partial charge on any atom is 0.0207 e. The van der Waals surface area contributed by atoms with Crippen molar-refractivity contribution in [3.05, 3.63) is 0 Å². The fraction of sp³-hybridized carbons (Fsp3) is 1.00. The molecule has 0 aliphatic carbocycles. The Kier molecular flexibility index (Phi) is 5.04. The van der Waals surface area contributed by atoms with Crippen LogP contribution in [0, 0.1) is 0 Å². The smallest absolute Gasteiger partial charge is 0.0207 e. The average Bonchev–Trinajstić information content (AvgIpc) is 2.56. The Morgan fingerprint density at radius 3 is 3.00 bits per heavy atom. The van der Waals surface area contributed by atoms with Crippen LogP contribution in [0.2, 0.25) is 0 Å². The lowest BCUT2D eigenvalue weighted by molar-refractivity contribution is 0.461. The van der Waals surface area contributed by atoms with E-state index in [-0.39, 0.29) is 0 Å². The number of thioether (sulfide) groups is 1. The first-order valence-electron chi connectivity index (χ1n) is 4.82. The Morgan fingerprint density at radius 2 is 2.50 bits per heavy atom. The summed E-state index contributed by atoms with van der Waals surface area (Å²) in [5.41, 5.74) is 0. The van der Waals surface area contributed by atoms with Gasteiger partial charge in [-0.3, -0.25) is 0 Å². The van der Waals surface area contributed by atoms with Gasteiger partial charge in [-0.2, -0.15) is 11.8 Å². The SMILES string of the molecule is CCC(CSC)NC1CCNC1. The summed E-state index contributed by atoms with van der Waals surface area (Å²) in [4.78, 5) is 0. The molecule has 1 saturated heterocycles. The van der Waals surface area contributed by atoms with Crippen molar-refractivity contribution in [1.29, 1.82) is 0 Å². The minimum Gasteiger partial charge on any atom is -0.315 e. The number of hydrogen-bond donors (Lipinski definition) is 2. The highest BCUT2D eigenvalue weighted by Crippen LogP contribution is 2.05. The maximum atomic E-state index is 3.68. The van der Waals surface area contributed by atoms with Crippen molar-refractivity contribution in [2.45, 2.75) is 31.8 Å². The average molecular weight is 188 g/mol. The van der Waals surface area contributed by atoms with Crippen LogP contribution in [0.4, 0.5) is 0 Å². The maximum absolute atomic E-state index is 3.68. The molecule has 1 aliphatic heterocycles. The van der Waals surface area contributed by atoms with Gasteiger partial charge in [0.15, 0.2) is 0 Å². The Bertz CT molecular complexity index is 113. The van der Waals surface area contributed by atoms with E-state index >= 15 is 0 Å². The van der Waals surface area contributed by atoms with Crippen molar-refractivity contribution in [2.24, 2.45) is 0 Å². The second-order valence-corrected chi connectivity index (χ2v) is 4.33. The fourth-order valence-corrected chi connectivity index (χ4v) is 2.35. The highest BCUT2D eigenvalue weighted by atomic mass is 32.2. The van der Waals surface area contributed by atoms with Gasteiger partial charge in [-0.1, -0.05) is 6.92 Å². The quantitative estimate of drug-likeness (QED) is 0.675. The number of rotatable bonds is 5. The minimum absolute atomic E-state index is 0.713. The molecule has 0 amide bonds. The van der Waals surface area contributed by atoms with Crippen LogP contribution in [0.3, 0.4) is 0 Å². The van der Waals surface area contributed by atoms with E-state index in [1.54, 1.807) is 0 Å². The van der Waals surface area contributed by atoms with Gasteiger partial charge in [0.1, 0.15) is 0 Å². The number of hydrogen-bond acceptors (Lipinski definition) is 3. The molecule has 2 unspecified atom stereocenters. The summed E-state index contributed by atoms with van der Waals surface area (Å²) >= 11 is 1.93. The van der Waals surface area contributed by atoms with Gasteiger partial charge in [-0.25, -0.2) is 0 Å². The van der Waals surface area contributed by atoms with Crippen LogP contribution in [0.1, 0.15) is 19.8 Å². The summed E-state index contributed by atoms with van der Waals surface area (Å²) in [5.74, 6) is 1.24. The summed E-state index contributed by atoms with van der Waals surface area (Å²) < 4.78 is 0. The van der Waals surface area contributed by atoms with Crippen molar-refractivity contribution in [3.8, 4) is 0 Å². The Labute approximate surface area is 79.9 Å². The third-order valence-corrected chi connectivity index (χ3v) is 3.13. The minimum atomic E-state index is 0.713. The molecule has 0 saturated carbocycles. The molecule has 0 radical (unpaired) electrons. The monoisotopic (exact) mass is 188 g/mol. The summed E-state index contributed by atoms with van der Waals surface area (Å²) in [7, 11) is 0. The van der Waals surface area contributed by atoms with Crippen LogP contribution in [0.15, 0.2) is 0 Å². The Morgan fingerprint density at radius 1 is 1.67 bits per heavy atom. The fourth-order valence-electron chi connectivity index (χ4n) is 1.62. The van der Waals surface area contributed by atoms with Crippen LogP contribution in [0.25, 0.3) is 0 Å². The molecule has 0 aromatic carbocycles. The first-order chi connectivity index (χ1) is 5.86. The lowest BCUT2D eigenvalue weighted by Crippen LogP contribution is -2.40. The van der Waals surface area contributed by atoms with Gasteiger partial charge in [0.25, 0.3) is 0 Å². The predicted octanol–water partition coefficient (Wildman–Crippen LogP) is 1.08. The lowest BCUT2D eigenvalue weighted by atomic mass is 10.2. The van der Waals surface area contributed by atoms with E-state index in [9.17, 15) is 0 Å². The van der Waals surface area contributed by atoms with Gasteiger partial charge in [0.05, 0.1) is 0 Å². The van der Waals surface area contributed by atoms with Crippen molar-refractivity contribution < 1.29 is 0 Å². The molecule has 2 N–H and O–H groups in total. The summed E-state index contributed by atoms with van der Waals surface area (Å²) in [5, 5.41) is 7.06. The van der Waals surface area contributed by atoms with E-state index in [1.165, 1.54) is 25.1 Å². The molecule has 0 aromatic rings. The van der Waals surface area contributed by atoms with Gasteiger partial charge in [0, 0.05) is 24.4 Å². The first kappa shape index (κ1) is 10.4. The molecular weight excluding hydrogens is 168 g/mol. The standard InChI is InChI=1S/C9H20N2S/c1-3-8(7-12-2)11-9-4-5-10-6-9/h8-11H,3-7H2,1-2H3. The zero-order valence-electron chi connectivity index (χ0n) is 8.10. The third kappa shape index (κ3) is 3.33. The summed E-state index contributed by atoms with van der Waals surface area (Å²) in [6, 6.07) is 1.44. The molecule has 0 spiro atoms. The lowest BCUT2D eigenvalue weighted by Gasteiger charge is -2.20. The normalized spacial score (nSPS) is 26.0. The second kappa shape index (κ2) is 5.84. The molecule has 1 rings (SSSR count). The molecule has 2 atom stereocenters. The predicted molar refractivity (Wildman–Crippen MR) is 56.9 cm³/mol. The van der Waals surface area contributed by atoms with E-state index in [0.29, 0.717) is 6.04 Å². The molecule has 1 fully saturated rings. The molecular formula is C9H20N2S. The Balaban J connectivity index is 2.16. The van der Waals surface area contributed by atoms with Gasteiger partial charge in [0.2, 0.25) is 0 Å². The number of nitrogens with one attached hydrogen (secondary N) is 2. The van der Waals surface area contributed by atoms with Crippen molar-refractivity contribution >= 4 is 11.8 Å². The molecule has 3 heteroatoms. The van der Waals surface area contributed by atoms with E-state index < -0.39 is 0 Å². The zero-order chi connectivity index (χ0) is 8.81. The topological polar surface area (TPSA) is 24.1 Å². The van der Waals surface area contributed by atoms with Crippen LogP contribution in [-0.4, -0.2) is 37.2 Å².